The number of amides is 1. The normalized spacial score (nSPS) is 12.5. The molecule has 0 aliphatic heterocycles. The van der Waals surface area contributed by atoms with E-state index in [0.717, 1.165) is 22.6 Å². The standard InChI is InChI=1S/C28H31FN2O4/c1-4-19(2)26(28(33)34)30-27(32)22-9-5-20(6-10-22)17-31(24-13-11-23(29)12-14-24)18-21-7-15-25(35-3)16-8-21/h5-16,19,26H,4,17-18H2,1-3H3,(H,30,32)(H,33,34). The maximum absolute atomic E-state index is 13.5. The number of ether oxygens (including phenoxy) is 1. The molecule has 0 radical (unpaired) electrons. The fraction of sp³-hybridized carbons (Fsp3) is 0.286. The van der Waals surface area contributed by atoms with Crippen LogP contribution in [-0.4, -0.2) is 30.1 Å². The minimum atomic E-state index is -1.04. The van der Waals surface area contributed by atoms with Gasteiger partial charge < -0.3 is 20.1 Å². The Labute approximate surface area is 205 Å². The van der Waals surface area contributed by atoms with Crippen LogP contribution in [0, 0.1) is 11.7 Å². The van der Waals surface area contributed by atoms with Crippen LogP contribution in [0.5, 0.6) is 5.75 Å². The van der Waals surface area contributed by atoms with Crippen LogP contribution in [0.4, 0.5) is 10.1 Å². The minimum Gasteiger partial charge on any atom is -0.497 e. The topological polar surface area (TPSA) is 78.9 Å². The number of carbonyl (C=O) groups is 2. The second-order valence-electron chi connectivity index (χ2n) is 8.55. The molecule has 3 aromatic carbocycles. The molecule has 3 aromatic rings. The van der Waals surface area contributed by atoms with Gasteiger partial charge in [0.25, 0.3) is 5.91 Å². The molecule has 2 N–H and O–H groups in total. The Morgan fingerprint density at radius 3 is 1.97 bits per heavy atom. The van der Waals surface area contributed by atoms with Gasteiger partial charge in [-0.05, 0) is 65.6 Å². The first kappa shape index (κ1) is 25.7. The number of nitrogens with one attached hydrogen (secondary N) is 1. The average Bonchev–Trinajstić information content (AvgIpc) is 2.87. The van der Waals surface area contributed by atoms with Gasteiger partial charge in [0.15, 0.2) is 0 Å². The highest BCUT2D eigenvalue weighted by atomic mass is 19.1. The molecule has 0 bridgehead atoms. The fourth-order valence-corrected chi connectivity index (χ4v) is 3.73. The highest BCUT2D eigenvalue weighted by Gasteiger charge is 2.25. The molecule has 0 aliphatic carbocycles. The zero-order valence-corrected chi connectivity index (χ0v) is 20.2. The van der Waals surface area contributed by atoms with Crippen molar-refractivity contribution in [2.45, 2.75) is 39.4 Å². The molecule has 6 nitrogen and oxygen atoms in total. The zero-order chi connectivity index (χ0) is 25.4. The SMILES string of the molecule is CCC(C)C(NC(=O)c1ccc(CN(Cc2ccc(OC)cc2)c2ccc(F)cc2)cc1)C(=O)O. The van der Waals surface area contributed by atoms with Crippen LogP contribution >= 0.6 is 0 Å². The molecule has 0 fully saturated rings. The second kappa shape index (κ2) is 12.0. The van der Waals surface area contributed by atoms with Crippen molar-refractivity contribution in [3.05, 3.63) is 95.3 Å². The number of nitrogens with zero attached hydrogens (tertiary/aromatic N) is 1. The first-order chi connectivity index (χ1) is 16.8. The number of hydrogen-bond acceptors (Lipinski definition) is 4. The summed E-state index contributed by atoms with van der Waals surface area (Å²) in [7, 11) is 1.62. The summed E-state index contributed by atoms with van der Waals surface area (Å²) in [5.41, 5.74) is 3.28. The zero-order valence-electron chi connectivity index (χ0n) is 20.2. The minimum absolute atomic E-state index is 0.182. The van der Waals surface area contributed by atoms with Crippen LogP contribution in [0.1, 0.15) is 41.8 Å². The Morgan fingerprint density at radius 2 is 1.49 bits per heavy atom. The number of rotatable bonds is 11. The molecule has 0 aliphatic rings. The van der Waals surface area contributed by atoms with Gasteiger partial charge >= 0.3 is 5.97 Å². The van der Waals surface area contributed by atoms with Crippen molar-refractivity contribution in [1.29, 1.82) is 0 Å². The number of methoxy groups -OCH3 is 1. The summed E-state index contributed by atoms with van der Waals surface area (Å²) in [6.07, 6.45) is 0.642. The third-order valence-corrected chi connectivity index (χ3v) is 6.08. The van der Waals surface area contributed by atoms with E-state index in [1.165, 1.54) is 12.1 Å². The molecule has 2 unspecified atom stereocenters. The van der Waals surface area contributed by atoms with Crippen molar-refractivity contribution >= 4 is 17.6 Å². The van der Waals surface area contributed by atoms with Crippen LogP contribution in [0.25, 0.3) is 0 Å². The van der Waals surface area contributed by atoms with E-state index in [4.69, 9.17) is 4.74 Å². The van der Waals surface area contributed by atoms with Crippen molar-refractivity contribution in [1.82, 2.24) is 5.32 Å². The molecule has 1 amide bonds. The summed E-state index contributed by atoms with van der Waals surface area (Å²) in [4.78, 5) is 26.3. The van der Waals surface area contributed by atoms with Gasteiger partial charge in [0, 0.05) is 24.3 Å². The summed E-state index contributed by atoms with van der Waals surface area (Å²) >= 11 is 0. The number of hydrogen-bond donors (Lipinski definition) is 2. The highest BCUT2D eigenvalue weighted by Crippen LogP contribution is 2.22. The number of aliphatic carboxylic acids is 1. The van der Waals surface area contributed by atoms with Crippen LogP contribution in [0.3, 0.4) is 0 Å². The van der Waals surface area contributed by atoms with Crippen molar-refractivity contribution in [3.63, 3.8) is 0 Å². The number of anilines is 1. The number of carboxylic acid groups (broad SMARTS) is 1. The van der Waals surface area contributed by atoms with Gasteiger partial charge in [0.1, 0.15) is 17.6 Å². The van der Waals surface area contributed by atoms with E-state index >= 15 is 0 Å². The fourth-order valence-electron chi connectivity index (χ4n) is 3.73. The predicted molar refractivity (Wildman–Crippen MR) is 134 cm³/mol. The van der Waals surface area contributed by atoms with Gasteiger partial charge in [-0.2, -0.15) is 0 Å². The lowest BCUT2D eigenvalue weighted by Gasteiger charge is -2.25. The van der Waals surface area contributed by atoms with Crippen LogP contribution < -0.4 is 15.0 Å². The lowest BCUT2D eigenvalue weighted by molar-refractivity contribution is -0.140. The van der Waals surface area contributed by atoms with Crippen molar-refractivity contribution in [3.8, 4) is 5.75 Å². The monoisotopic (exact) mass is 478 g/mol. The summed E-state index contributed by atoms with van der Waals surface area (Å²) in [5, 5.41) is 12.1. The molecule has 0 saturated carbocycles. The molecule has 0 aromatic heterocycles. The summed E-state index contributed by atoms with van der Waals surface area (Å²) in [6, 6.07) is 20.2. The maximum atomic E-state index is 13.5. The van der Waals surface area contributed by atoms with Crippen LogP contribution in [0.15, 0.2) is 72.8 Å². The van der Waals surface area contributed by atoms with Gasteiger partial charge in [0.2, 0.25) is 0 Å². The highest BCUT2D eigenvalue weighted by molar-refractivity contribution is 5.96. The Hall–Kier alpha value is -3.87. The molecular weight excluding hydrogens is 447 g/mol. The third-order valence-electron chi connectivity index (χ3n) is 6.08. The average molecular weight is 479 g/mol. The largest absolute Gasteiger partial charge is 0.497 e. The molecule has 184 valence electrons. The maximum Gasteiger partial charge on any atom is 0.326 e. The lowest BCUT2D eigenvalue weighted by atomic mass is 9.99. The molecule has 3 rings (SSSR count). The van der Waals surface area contributed by atoms with E-state index in [9.17, 15) is 19.1 Å². The molecule has 0 spiro atoms. The van der Waals surface area contributed by atoms with Gasteiger partial charge in [-0.25, -0.2) is 9.18 Å². The second-order valence-corrected chi connectivity index (χ2v) is 8.55. The number of carbonyl (C=O) groups excluding carboxylic acids is 1. The quantitative estimate of drug-likeness (QED) is 0.393. The van der Waals surface area contributed by atoms with Gasteiger partial charge in [-0.15, -0.1) is 0 Å². The third kappa shape index (κ3) is 7.06. The van der Waals surface area contributed by atoms with E-state index in [2.05, 4.69) is 10.2 Å². The molecule has 7 heteroatoms. The summed E-state index contributed by atoms with van der Waals surface area (Å²) in [6.45, 7) is 4.81. The van der Waals surface area contributed by atoms with Crippen LogP contribution in [-0.2, 0) is 17.9 Å². The van der Waals surface area contributed by atoms with Gasteiger partial charge in [0.05, 0.1) is 7.11 Å². The number of benzene rings is 3. The van der Waals surface area contributed by atoms with E-state index in [1.807, 2.05) is 43.3 Å². The first-order valence-corrected chi connectivity index (χ1v) is 11.6. The van der Waals surface area contributed by atoms with E-state index in [1.54, 1.807) is 38.3 Å². The Bertz CT molecular complexity index is 1120. The van der Waals surface area contributed by atoms with Crippen LogP contribution in [0.2, 0.25) is 0 Å². The smallest absolute Gasteiger partial charge is 0.326 e. The van der Waals surface area contributed by atoms with Gasteiger partial charge in [-0.1, -0.05) is 44.5 Å². The van der Waals surface area contributed by atoms with E-state index in [0.29, 0.717) is 25.1 Å². The van der Waals surface area contributed by atoms with E-state index < -0.39 is 17.9 Å². The van der Waals surface area contributed by atoms with Gasteiger partial charge in [-0.3, -0.25) is 4.79 Å². The number of carboxylic acids is 1. The van der Waals surface area contributed by atoms with Crippen molar-refractivity contribution in [2.24, 2.45) is 5.92 Å². The Kier molecular flexibility index (Phi) is 8.84. The predicted octanol–water partition coefficient (Wildman–Crippen LogP) is 5.27. The first-order valence-electron chi connectivity index (χ1n) is 11.6. The molecule has 0 saturated heterocycles. The lowest BCUT2D eigenvalue weighted by Crippen LogP contribution is -2.45. The molecule has 0 heterocycles. The molecule has 2 atom stereocenters. The molecular formula is C28H31FN2O4. The number of halogens is 1. The summed E-state index contributed by atoms with van der Waals surface area (Å²) < 4.78 is 18.7. The van der Waals surface area contributed by atoms with Crippen molar-refractivity contribution in [2.75, 3.05) is 12.0 Å². The van der Waals surface area contributed by atoms with E-state index in [-0.39, 0.29) is 11.7 Å². The molecule has 35 heavy (non-hydrogen) atoms. The Morgan fingerprint density at radius 1 is 0.943 bits per heavy atom. The Balaban J connectivity index is 1.76. The van der Waals surface area contributed by atoms with Crippen molar-refractivity contribution < 1.29 is 23.8 Å². The summed E-state index contributed by atoms with van der Waals surface area (Å²) in [5.74, 6) is -1.17.